The van der Waals surface area contributed by atoms with Crippen molar-refractivity contribution < 1.29 is 9.59 Å². The number of imidazole rings is 1. The van der Waals surface area contributed by atoms with Crippen LogP contribution < -0.4 is 5.32 Å². The Morgan fingerprint density at radius 2 is 1.93 bits per heavy atom. The maximum Gasteiger partial charge on any atom is 0.290 e. The minimum atomic E-state index is -0.318. The molecule has 6 heteroatoms. The number of hydrogen-bond acceptors (Lipinski definition) is 3. The Hall–Kier alpha value is -3.41. The minimum absolute atomic E-state index is 0.173. The monoisotopic (exact) mass is 360 g/mol. The third kappa shape index (κ3) is 3.10. The lowest BCUT2D eigenvalue weighted by atomic mass is 10.00. The summed E-state index contributed by atoms with van der Waals surface area (Å²) in [7, 11) is 0. The maximum atomic E-state index is 13.2. The number of benzene rings is 1. The molecule has 0 radical (unpaired) electrons. The third-order valence-corrected chi connectivity index (χ3v) is 4.78. The van der Waals surface area contributed by atoms with Gasteiger partial charge in [-0.05, 0) is 29.7 Å². The van der Waals surface area contributed by atoms with Crippen LogP contribution in [0.5, 0.6) is 0 Å². The van der Waals surface area contributed by atoms with Crippen molar-refractivity contribution in [3.63, 3.8) is 0 Å². The average molecular weight is 360 g/mol. The molecule has 1 aliphatic heterocycles. The standard InChI is InChI=1S/C21H20N4O2/c1-2-11-22-20(26)18-17-9-5-6-12-25(17)19(23-18)21(27)24-13-10-15-7-3-4-8-16(15)14-24/h2-9,12H,1,10-11,13-14H2,(H,22,26). The van der Waals surface area contributed by atoms with Crippen molar-refractivity contribution in [1.82, 2.24) is 19.6 Å². The van der Waals surface area contributed by atoms with Gasteiger partial charge in [-0.25, -0.2) is 4.98 Å². The molecule has 6 nitrogen and oxygen atoms in total. The van der Waals surface area contributed by atoms with Gasteiger partial charge in [-0.3, -0.25) is 14.0 Å². The van der Waals surface area contributed by atoms with Gasteiger partial charge in [-0.15, -0.1) is 6.58 Å². The highest BCUT2D eigenvalue weighted by atomic mass is 16.2. The lowest BCUT2D eigenvalue weighted by Crippen LogP contribution is -2.37. The molecule has 0 aliphatic carbocycles. The zero-order valence-corrected chi connectivity index (χ0v) is 14.9. The Bertz CT molecular complexity index is 1040. The Morgan fingerprint density at radius 3 is 2.74 bits per heavy atom. The van der Waals surface area contributed by atoms with Gasteiger partial charge in [0, 0.05) is 25.8 Å². The summed E-state index contributed by atoms with van der Waals surface area (Å²) in [6.07, 6.45) is 4.18. The summed E-state index contributed by atoms with van der Waals surface area (Å²) < 4.78 is 1.69. The Kier molecular flexibility index (Phi) is 4.46. The van der Waals surface area contributed by atoms with E-state index in [1.54, 1.807) is 27.6 Å². The van der Waals surface area contributed by atoms with Gasteiger partial charge in [0.25, 0.3) is 11.8 Å². The molecule has 0 saturated heterocycles. The molecule has 1 aliphatic rings. The molecule has 0 unspecified atom stereocenters. The summed E-state index contributed by atoms with van der Waals surface area (Å²) in [5, 5.41) is 2.73. The summed E-state index contributed by atoms with van der Waals surface area (Å²) in [5.74, 6) is -0.233. The number of hydrogen-bond donors (Lipinski definition) is 1. The summed E-state index contributed by atoms with van der Waals surface area (Å²) in [6, 6.07) is 13.6. The number of amides is 2. The molecule has 1 aromatic carbocycles. The van der Waals surface area contributed by atoms with E-state index in [-0.39, 0.29) is 23.3 Å². The van der Waals surface area contributed by atoms with E-state index in [9.17, 15) is 9.59 Å². The van der Waals surface area contributed by atoms with E-state index in [0.29, 0.717) is 25.2 Å². The molecule has 1 N–H and O–H groups in total. The van der Waals surface area contributed by atoms with Gasteiger partial charge in [0.05, 0.1) is 5.52 Å². The van der Waals surface area contributed by atoms with Gasteiger partial charge in [0.2, 0.25) is 5.82 Å². The molecule has 27 heavy (non-hydrogen) atoms. The highest BCUT2D eigenvalue weighted by Crippen LogP contribution is 2.21. The molecule has 3 heterocycles. The highest BCUT2D eigenvalue weighted by Gasteiger charge is 2.27. The second kappa shape index (κ2) is 7.07. The van der Waals surface area contributed by atoms with Crippen LogP contribution in [0.3, 0.4) is 0 Å². The van der Waals surface area contributed by atoms with Gasteiger partial charge in [-0.1, -0.05) is 36.4 Å². The molecule has 0 saturated carbocycles. The van der Waals surface area contributed by atoms with E-state index in [4.69, 9.17) is 0 Å². The van der Waals surface area contributed by atoms with Crippen molar-refractivity contribution in [3.05, 3.63) is 84.0 Å². The number of pyridine rings is 1. The lowest BCUT2D eigenvalue weighted by Gasteiger charge is -2.28. The number of rotatable bonds is 4. The van der Waals surface area contributed by atoms with Crippen LogP contribution in [0, 0.1) is 0 Å². The summed E-state index contributed by atoms with van der Waals surface area (Å²) in [6.45, 7) is 5.13. The Labute approximate surface area is 157 Å². The van der Waals surface area contributed by atoms with E-state index >= 15 is 0 Å². The number of fused-ring (bicyclic) bond motifs is 2. The number of carbonyl (C=O) groups excluding carboxylic acids is 2. The fraction of sp³-hybridized carbons (Fsp3) is 0.190. The molecule has 0 bridgehead atoms. The minimum Gasteiger partial charge on any atom is -0.347 e. The molecule has 3 aromatic rings. The van der Waals surface area contributed by atoms with Gasteiger partial charge in [0.15, 0.2) is 5.69 Å². The molecule has 2 amide bonds. The van der Waals surface area contributed by atoms with Gasteiger partial charge in [0.1, 0.15) is 0 Å². The number of carbonyl (C=O) groups is 2. The van der Waals surface area contributed by atoms with E-state index in [2.05, 4.69) is 22.9 Å². The fourth-order valence-corrected chi connectivity index (χ4v) is 3.41. The second-order valence-electron chi connectivity index (χ2n) is 6.48. The third-order valence-electron chi connectivity index (χ3n) is 4.78. The van der Waals surface area contributed by atoms with Crippen molar-refractivity contribution >= 4 is 17.3 Å². The quantitative estimate of drug-likeness (QED) is 0.727. The van der Waals surface area contributed by atoms with Crippen LogP contribution in [-0.2, 0) is 13.0 Å². The van der Waals surface area contributed by atoms with E-state index in [0.717, 1.165) is 12.0 Å². The predicted octanol–water partition coefficient (Wildman–Crippen LogP) is 2.45. The predicted molar refractivity (Wildman–Crippen MR) is 103 cm³/mol. The van der Waals surface area contributed by atoms with Crippen LogP contribution >= 0.6 is 0 Å². The molecule has 0 atom stereocenters. The zero-order chi connectivity index (χ0) is 18.8. The maximum absolute atomic E-state index is 13.2. The molecular formula is C21H20N4O2. The van der Waals surface area contributed by atoms with Crippen LogP contribution in [0.1, 0.15) is 32.2 Å². The number of nitrogens with zero attached hydrogens (tertiary/aromatic N) is 3. The first-order valence-corrected chi connectivity index (χ1v) is 8.91. The summed E-state index contributed by atoms with van der Waals surface area (Å²) in [5.41, 5.74) is 3.29. The first-order chi connectivity index (χ1) is 13.2. The highest BCUT2D eigenvalue weighted by molar-refractivity contribution is 6.02. The average Bonchev–Trinajstić information content (AvgIpc) is 3.11. The first kappa shape index (κ1) is 17.0. The molecule has 136 valence electrons. The smallest absolute Gasteiger partial charge is 0.290 e. The zero-order valence-electron chi connectivity index (χ0n) is 14.9. The van der Waals surface area contributed by atoms with E-state index < -0.39 is 0 Å². The van der Waals surface area contributed by atoms with Crippen LogP contribution in [0.15, 0.2) is 61.3 Å². The molecule has 0 fully saturated rings. The Morgan fingerprint density at radius 1 is 1.15 bits per heavy atom. The van der Waals surface area contributed by atoms with Crippen LogP contribution in [0.2, 0.25) is 0 Å². The lowest BCUT2D eigenvalue weighted by molar-refractivity contribution is 0.0721. The first-order valence-electron chi connectivity index (χ1n) is 8.91. The van der Waals surface area contributed by atoms with E-state index in [1.807, 2.05) is 30.3 Å². The topological polar surface area (TPSA) is 66.7 Å². The second-order valence-corrected chi connectivity index (χ2v) is 6.48. The van der Waals surface area contributed by atoms with Gasteiger partial charge >= 0.3 is 0 Å². The number of nitrogens with one attached hydrogen (secondary N) is 1. The SMILES string of the molecule is C=CCNC(=O)c1nc(C(=O)N2CCc3ccccc3C2)n2ccccc12. The molecule has 0 spiro atoms. The van der Waals surface area contributed by atoms with Crippen LogP contribution in [-0.4, -0.2) is 39.2 Å². The van der Waals surface area contributed by atoms with Crippen LogP contribution in [0.4, 0.5) is 0 Å². The van der Waals surface area contributed by atoms with Crippen molar-refractivity contribution in [1.29, 1.82) is 0 Å². The fourth-order valence-electron chi connectivity index (χ4n) is 3.41. The summed E-state index contributed by atoms with van der Waals surface area (Å²) in [4.78, 5) is 31.8. The van der Waals surface area contributed by atoms with Crippen molar-refractivity contribution in [2.75, 3.05) is 13.1 Å². The van der Waals surface area contributed by atoms with Crippen molar-refractivity contribution in [2.45, 2.75) is 13.0 Å². The summed E-state index contributed by atoms with van der Waals surface area (Å²) >= 11 is 0. The van der Waals surface area contributed by atoms with Crippen LogP contribution in [0.25, 0.3) is 5.52 Å². The molecular weight excluding hydrogens is 340 g/mol. The Balaban J connectivity index is 1.68. The van der Waals surface area contributed by atoms with Gasteiger partial charge in [-0.2, -0.15) is 0 Å². The molecule has 2 aromatic heterocycles. The number of aromatic nitrogens is 2. The largest absolute Gasteiger partial charge is 0.347 e. The van der Waals surface area contributed by atoms with Gasteiger partial charge < -0.3 is 10.2 Å². The van der Waals surface area contributed by atoms with Crippen molar-refractivity contribution in [3.8, 4) is 0 Å². The normalized spacial score (nSPS) is 13.3. The van der Waals surface area contributed by atoms with E-state index in [1.165, 1.54) is 5.56 Å². The van der Waals surface area contributed by atoms with Crippen molar-refractivity contribution in [2.24, 2.45) is 0 Å². The molecule has 4 rings (SSSR count).